The Hall–Kier alpha value is -2.90. The first-order valence-electron chi connectivity index (χ1n) is 6.01. The minimum atomic E-state index is -1.59. The summed E-state index contributed by atoms with van der Waals surface area (Å²) in [6.45, 7) is 0. The zero-order valence-electron chi connectivity index (χ0n) is 11.4. The van der Waals surface area contributed by atoms with E-state index >= 15 is 0 Å². The lowest BCUT2D eigenvalue weighted by molar-refractivity contribution is -0.145. The van der Waals surface area contributed by atoms with Crippen molar-refractivity contribution in [2.45, 2.75) is 0 Å². The average Bonchev–Trinajstić information content (AvgIpc) is 2.45. The Morgan fingerprint density at radius 3 is 2.43 bits per heavy atom. The van der Waals surface area contributed by atoms with Gasteiger partial charge in [0.25, 0.3) is 5.91 Å². The molecule has 1 saturated heterocycles. The summed E-state index contributed by atoms with van der Waals surface area (Å²) in [4.78, 5) is 47.4. The van der Waals surface area contributed by atoms with Crippen LogP contribution in [0, 0.1) is 5.92 Å². The Balaban J connectivity index is 2.13. The maximum atomic E-state index is 12.0. The van der Waals surface area contributed by atoms with Gasteiger partial charge in [-0.05, 0) is 24.3 Å². The molecule has 1 fully saturated rings. The van der Waals surface area contributed by atoms with E-state index in [4.69, 9.17) is 4.74 Å². The van der Waals surface area contributed by atoms with E-state index in [1.807, 2.05) is 5.32 Å². The number of carbonyl (C=O) groups excluding carboxylic acids is 4. The van der Waals surface area contributed by atoms with Crippen LogP contribution >= 0.6 is 0 Å². The van der Waals surface area contributed by atoms with Gasteiger partial charge >= 0.3 is 6.03 Å². The number of urea groups is 1. The van der Waals surface area contributed by atoms with E-state index in [2.05, 4.69) is 5.32 Å². The van der Waals surface area contributed by atoms with Crippen molar-refractivity contribution in [2.75, 3.05) is 19.5 Å². The van der Waals surface area contributed by atoms with Gasteiger partial charge < -0.3 is 10.1 Å². The van der Waals surface area contributed by atoms with Crippen molar-refractivity contribution < 1.29 is 23.9 Å². The van der Waals surface area contributed by atoms with Crippen molar-refractivity contribution in [1.29, 1.82) is 0 Å². The van der Waals surface area contributed by atoms with E-state index in [0.717, 1.165) is 0 Å². The average molecular weight is 291 g/mol. The molecule has 1 aliphatic heterocycles. The second-order valence-corrected chi connectivity index (χ2v) is 4.34. The molecule has 0 spiro atoms. The highest BCUT2D eigenvalue weighted by atomic mass is 16.5. The minimum Gasteiger partial charge on any atom is -0.497 e. The van der Waals surface area contributed by atoms with Crippen molar-refractivity contribution in [3.8, 4) is 5.75 Å². The monoisotopic (exact) mass is 291 g/mol. The molecule has 0 radical (unpaired) electrons. The van der Waals surface area contributed by atoms with Crippen LogP contribution < -0.4 is 15.4 Å². The van der Waals surface area contributed by atoms with E-state index in [1.165, 1.54) is 14.2 Å². The van der Waals surface area contributed by atoms with Gasteiger partial charge in [-0.1, -0.05) is 0 Å². The molecule has 1 atom stereocenters. The number of nitrogens with one attached hydrogen (secondary N) is 2. The van der Waals surface area contributed by atoms with Crippen LogP contribution in [0.4, 0.5) is 10.5 Å². The molecule has 2 rings (SSSR count). The summed E-state index contributed by atoms with van der Waals surface area (Å²) in [5.41, 5.74) is 0.404. The molecule has 1 aromatic rings. The molecule has 8 nitrogen and oxygen atoms in total. The summed E-state index contributed by atoms with van der Waals surface area (Å²) < 4.78 is 4.98. The fourth-order valence-corrected chi connectivity index (χ4v) is 1.79. The third-order valence-electron chi connectivity index (χ3n) is 2.99. The summed E-state index contributed by atoms with van der Waals surface area (Å²) in [5, 5.41) is 4.39. The van der Waals surface area contributed by atoms with Crippen molar-refractivity contribution in [3.05, 3.63) is 24.3 Å². The quantitative estimate of drug-likeness (QED) is 0.760. The number of carbonyl (C=O) groups is 4. The van der Waals surface area contributed by atoms with E-state index in [0.29, 0.717) is 16.3 Å². The van der Waals surface area contributed by atoms with Crippen LogP contribution in [-0.4, -0.2) is 42.8 Å². The van der Waals surface area contributed by atoms with E-state index in [1.54, 1.807) is 24.3 Å². The van der Waals surface area contributed by atoms with Crippen LogP contribution in [-0.2, 0) is 14.4 Å². The minimum absolute atomic E-state index is 0.404. The molecule has 0 bridgehead atoms. The van der Waals surface area contributed by atoms with Crippen LogP contribution in [0.25, 0.3) is 0 Å². The number of ether oxygens (including phenoxy) is 1. The third kappa shape index (κ3) is 2.83. The molecule has 1 unspecified atom stereocenters. The number of imide groups is 2. The van der Waals surface area contributed by atoms with Crippen molar-refractivity contribution in [3.63, 3.8) is 0 Å². The Morgan fingerprint density at radius 1 is 1.24 bits per heavy atom. The topological polar surface area (TPSA) is 105 Å². The number of benzene rings is 1. The van der Waals surface area contributed by atoms with Crippen molar-refractivity contribution >= 4 is 29.4 Å². The zero-order valence-corrected chi connectivity index (χ0v) is 11.4. The Labute approximate surface area is 120 Å². The lowest BCUT2D eigenvalue weighted by Crippen LogP contribution is -2.59. The van der Waals surface area contributed by atoms with Gasteiger partial charge in [0.05, 0.1) is 7.11 Å². The maximum absolute atomic E-state index is 12.0. The second kappa shape index (κ2) is 5.61. The molecule has 5 amide bonds. The molecule has 0 saturated carbocycles. The molecule has 2 N–H and O–H groups in total. The van der Waals surface area contributed by atoms with Crippen LogP contribution in [0.15, 0.2) is 24.3 Å². The zero-order chi connectivity index (χ0) is 15.6. The number of barbiturate groups is 1. The molecule has 110 valence electrons. The van der Waals surface area contributed by atoms with Gasteiger partial charge in [-0.3, -0.25) is 24.6 Å². The normalized spacial score (nSPS) is 18.3. The summed E-state index contributed by atoms with van der Waals surface area (Å²) in [6.07, 6.45) is 0. The van der Waals surface area contributed by atoms with Gasteiger partial charge in [0.2, 0.25) is 11.8 Å². The summed E-state index contributed by atoms with van der Waals surface area (Å²) in [7, 11) is 2.70. The number of rotatable bonds is 3. The van der Waals surface area contributed by atoms with Gasteiger partial charge in [0, 0.05) is 12.7 Å². The van der Waals surface area contributed by atoms with Crippen molar-refractivity contribution in [2.24, 2.45) is 5.92 Å². The number of methoxy groups -OCH3 is 1. The fourth-order valence-electron chi connectivity index (χ4n) is 1.79. The summed E-state index contributed by atoms with van der Waals surface area (Å²) >= 11 is 0. The molecule has 0 aliphatic carbocycles. The highest BCUT2D eigenvalue weighted by Crippen LogP contribution is 2.17. The van der Waals surface area contributed by atoms with Gasteiger partial charge in [-0.15, -0.1) is 0 Å². The molecular weight excluding hydrogens is 278 g/mol. The SMILES string of the molecule is COc1ccc(NC(=O)C2C(=O)NC(=O)N(C)C2=O)cc1. The Kier molecular flexibility index (Phi) is 3.88. The first-order chi connectivity index (χ1) is 9.93. The van der Waals surface area contributed by atoms with Gasteiger partial charge in [-0.25, -0.2) is 4.79 Å². The third-order valence-corrected chi connectivity index (χ3v) is 2.99. The Morgan fingerprint density at radius 2 is 1.86 bits per heavy atom. The van der Waals surface area contributed by atoms with E-state index in [-0.39, 0.29) is 0 Å². The largest absolute Gasteiger partial charge is 0.497 e. The summed E-state index contributed by atoms with van der Waals surface area (Å²) in [5.74, 6) is -3.59. The van der Waals surface area contributed by atoms with Crippen LogP contribution in [0.5, 0.6) is 5.75 Å². The number of hydrogen-bond acceptors (Lipinski definition) is 5. The number of amides is 5. The lowest BCUT2D eigenvalue weighted by Gasteiger charge is -2.26. The van der Waals surface area contributed by atoms with Gasteiger partial charge in [0.15, 0.2) is 5.92 Å². The molecule has 0 aromatic heterocycles. The molecule has 1 aromatic carbocycles. The first kappa shape index (κ1) is 14.5. The van der Waals surface area contributed by atoms with Gasteiger partial charge in [-0.2, -0.15) is 0 Å². The van der Waals surface area contributed by atoms with Gasteiger partial charge in [0.1, 0.15) is 5.75 Å². The van der Waals surface area contributed by atoms with Crippen molar-refractivity contribution in [1.82, 2.24) is 10.2 Å². The highest BCUT2D eigenvalue weighted by molar-refractivity contribution is 6.28. The van der Waals surface area contributed by atoms with Crippen LogP contribution in [0.1, 0.15) is 0 Å². The summed E-state index contributed by atoms with van der Waals surface area (Å²) in [6, 6.07) is 5.52. The number of anilines is 1. The second-order valence-electron chi connectivity index (χ2n) is 4.34. The van der Waals surface area contributed by atoms with E-state index < -0.39 is 29.7 Å². The molecular formula is C13H13N3O5. The van der Waals surface area contributed by atoms with Crippen LogP contribution in [0.2, 0.25) is 0 Å². The number of hydrogen-bond donors (Lipinski definition) is 2. The van der Waals surface area contributed by atoms with Crippen LogP contribution in [0.3, 0.4) is 0 Å². The molecule has 1 aliphatic rings. The predicted octanol–water partition coefficient (Wildman–Crippen LogP) is -0.0419. The predicted molar refractivity (Wildman–Crippen MR) is 71.4 cm³/mol. The molecule has 8 heteroatoms. The molecule has 1 heterocycles. The smallest absolute Gasteiger partial charge is 0.330 e. The molecule has 21 heavy (non-hydrogen) atoms. The van der Waals surface area contributed by atoms with E-state index in [9.17, 15) is 19.2 Å². The lowest BCUT2D eigenvalue weighted by atomic mass is 10.0. The Bertz CT molecular complexity index is 611. The first-order valence-corrected chi connectivity index (χ1v) is 6.01. The maximum Gasteiger partial charge on any atom is 0.330 e. The number of nitrogens with zero attached hydrogens (tertiary/aromatic N) is 1. The standard InChI is InChI=1S/C13H13N3O5/c1-16-12(19)9(11(18)15-13(16)20)10(17)14-7-3-5-8(21-2)6-4-7/h3-6,9H,1-2H3,(H,14,17)(H,15,18,20). The highest BCUT2D eigenvalue weighted by Gasteiger charge is 2.43. The fraction of sp³-hybridized carbons (Fsp3) is 0.231.